The Morgan fingerprint density at radius 1 is 0.867 bits per heavy atom. The molecule has 0 aliphatic heterocycles. The topological polar surface area (TPSA) is 103 Å². The van der Waals surface area contributed by atoms with Crippen molar-refractivity contribution in [2.75, 3.05) is 23.8 Å². The molecule has 0 aromatic heterocycles. The van der Waals surface area contributed by atoms with Crippen LogP contribution in [0, 0.1) is 11.3 Å². The fourth-order valence-electron chi connectivity index (χ4n) is 2.63. The SMILES string of the molecule is N#Cc1cccc(NC(=O)c2cccc(NC(=O)NCCOc3ccccc3)c2)c1. The van der Waals surface area contributed by atoms with Gasteiger partial charge in [-0.05, 0) is 48.5 Å². The van der Waals surface area contributed by atoms with E-state index in [1.165, 1.54) is 0 Å². The highest BCUT2D eigenvalue weighted by Gasteiger charge is 2.09. The van der Waals surface area contributed by atoms with Gasteiger partial charge < -0.3 is 20.7 Å². The smallest absolute Gasteiger partial charge is 0.319 e. The van der Waals surface area contributed by atoms with E-state index in [0.717, 1.165) is 5.75 Å². The fraction of sp³-hybridized carbons (Fsp3) is 0.0870. The van der Waals surface area contributed by atoms with Crippen LogP contribution in [-0.4, -0.2) is 25.1 Å². The average Bonchev–Trinajstić information content (AvgIpc) is 2.78. The summed E-state index contributed by atoms with van der Waals surface area (Å²) in [4.78, 5) is 24.5. The number of hydrogen-bond donors (Lipinski definition) is 3. The molecule has 0 unspecified atom stereocenters. The van der Waals surface area contributed by atoms with Crippen molar-refractivity contribution in [1.29, 1.82) is 5.26 Å². The molecule has 3 N–H and O–H groups in total. The molecule has 30 heavy (non-hydrogen) atoms. The van der Waals surface area contributed by atoms with E-state index < -0.39 is 6.03 Å². The molecule has 0 heterocycles. The second-order valence-electron chi connectivity index (χ2n) is 6.27. The molecule has 0 fully saturated rings. The summed E-state index contributed by atoms with van der Waals surface area (Å²) in [6.45, 7) is 0.664. The van der Waals surface area contributed by atoms with Gasteiger partial charge in [-0.2, -0.15) is 5.26 Å². The maximum atomic E-state index is 12.5. The van der Waals surface area contributed by atoms with Crippen molar-refractivity contribution in [3.63, 3.8) is 0 Å². The summed E-state index contributed by atoms with van der Waals surface area (Å²) in [7, 11) is 0. The number of nitrogens with zero attached hydrogens (tertiary/aromatic N) is 1. The number of carbonyl (C=O) groups is 2. The van der Waals surface area contributed by atoms with Gasteiger partial charge >= 0.3 is 6.03 Å². The van der Waals surface area contributed by atoms with Gasteiger partial charge in [0.05, 0.1) is 18.2 Å². The minimum absolute atomic E-state index is 0.330. The number of para-hydroxylation sites is 1. The number of nitriles is 1. The van der Waals surface area contributed by atoms with E-state index in [9.17, 15) is 9.59 Å². The van der Waals surface area contributed by atoms with Crippen LogP contribution in [-0.2, 0) is 0 Å². The molecule has 3 rings (SSSR count). The third kappa shape index (κ3) is 6.11. The van der Waals surface area contributed by atoms with Crippen LogP contribution < -0.4 is 20.7 Å². The maximum absolute atomic E-state index is 12.5. The van der Waals surface area contributed by atoms with E-state index in [2.05, 4.69) is 16.0 Å². The molecule has 0 bridgehead atoms. The highest BCUT2D eigenvalue weighted by atomic mass is 16.5. The summed E-state index contributed by atoms with van der Waals surface area (Å²) >= 11 is 0. The van der Waals surface area contributed by atoms with Gasteiger partial charge in [-0.25, -0.2) is 4.79 Å². The van der Waals surface area contributed by atoms with Gasteiger partial charge in [0.25, 0.3) is 5.91 Å². The molecule has 7 nitrogen and oxygen atoms in total. The van der Waals surface area contributed by atoms with Crippen molar-refractivity contribution in [3.05, 3.63) is 90.0 Å². The minimum atomic E-state index is -0.397. The highest BCUT2D eigenvalue weighted by Crippen LogP contribution is 2.15. The zero-order valence-electron chi connectivity index (χ0n) is 16.1. The molecule has 0 saturated heterocycles. The lowest BCUT2D eigenvalue weighted by molar-refractivity contribution is 0.102. The third-order valence-electron chi connectivity index (χ3n) is 4.03. The van der Waals surface area contributed by atoms with Gasteiger partial charge in [-0.3, -0.25) is 4.79 Å². The van der Waals surface area contributed by atoms with Crippen LogP contribution in [0.3, 0.4) is 0 Å². The fourth-order valence-corrected chi connectivity index (χ4v) is 2.63. The van der Waals surface area contributed by atoms with Gasteiger partial charge in [0.1, 0.15) is 12.4 Å². The molecule has 3 aromatic carbocycles. The number of amides is 3. The zero-order chi connectivity index (χ0) is 21.2. The van der Waals surface area contributed by atoms with Gasteiger partial charge in [-0.15, -0.1) is 0 Å². The first-order valence-electron chi connectivity index (χ1n) is 9.28. The molecular formula is C23H20N4O3. The zero-order valence-corrected chi connectivity index (χ0v) is 16.1. The number of ether oxygens (including phenoxy) is 1. The molecule has 0 atom stereocenters. The van der Waals surface area contributed by atoms with E-state index in [-0.39, 0.29) is 5.91 Å². The summed E-state index contributed by atoms with van der Waals surface area (Å²) in [5.74, 6) is 0.393. The van der Waals surface area contributed by atoms with Crippen LogP contribution in [0.25, 0.3) is 0 Å². The predicted molar refractivity (Wildman–Crippen MR) is 115 cm³/mol. The second kappa shape index (κ2) is 10.3. The Balaban J connectivity index is 1.50. The number of rotatable bonds is 7. The van der Waals surface area contributed by atoms with Gasteiger partial charge in [-0.1, -0.05) is 30.3 Å². The van der Waals surface area contributed by atoms with Crippen LogP contribution in [0.1, 0.15) is 15.9 Å². The van der Waals surface area contributed by atoms with Crippen LogP contribution in [0.2, 0.25) is 0 Å². The third-order valence-corrected chi connectivity index (χ3v) is 4.03. The number of carbonyl (C=O) groups excluding carboxylic acids is 2. The first kappa shape index (κ1) is 20.4. The lowest BCUT2D eigenvalue weighted by Crippen LogP contribution is -2.32. The Morgan fingerprint density at radius 3 is 2.37 bits per heavy atom. The maximum Gasteiger partial charge on any atom is 0.319 e. The molecular weight excluding hydrogens is 380 g/mol. The van der Waals surface area contributed by atoms with Gasteiger partial charge in [0, 0.05) is 16.9 Å². The van der Waals surface area contributed by atoms with Crippen molar-refractivity contribution < 1.29 is 14.3 Å². The lowest BCUT2D eigenvalue weighted by atomic mass is 10.1. The summed E-state index contributed by atoms with van der Waals surface area (Å²) in [6.07, 6.45) is 0. The van der Waals surface area contributed by atoms with E-state index in [1.807, 2.05) is 36.4 Å². The number of urea groups is 1. The Kier molecular flexibility index (Phi) is 7.01. The van der Waals surface area contributed by atoms with Crippen molar-refractivity contribution >= 4 is 23.3 Å². The summed E-state index contributed by atoms with van der Waals surface area (Å²) in [5.41, 5.74) is 1.84. The Labute approximate surface area is 174 Å². The average molecular weight is 400 g/mol. The first-order valence-corrected chi connectivity index (χ1v) is 9.28. The molecule has 0 saturated carbocycles. The van der Waals surface area contributed by atoms with Crippen LogP contribution in [0.4, 0.5) is 16.2 Å². The van der Waals surface area contributed by atoms with Gasteiger partial charge in [0.2, 0.25) is 0 Å². The highest BCUT2D eigenvalue weighted by molar-refractivity contribution is 6.05. The molecule has 3 aromatic rings. The van der Waals surface area contributed by atoms with Gasteiger partial charge in [0.15, 0.2) is 0 Å². The van der Waals surface area contributed by atoms with Crippen molar-refractivity contribution in [2.24, 2.45) is 0 Å². The van der Waals surface area contributed by atoms with Crippen LogP contribution in [0.15, 0.2) is 78.9 Å². The monoisotopic (exact) mass is 400 g/mol. The normalized spacial score (nSPS) is 9.83. The lowest BCUT2D eigenvalue weighted by Gasteiger charge is -2.10. The van der Waals surface area contributed by atoms with Crippen molar-refractivity contribution in [1.82, 2.24) is 5.32 Å². The number of nitrogens with one attached hydrogen (secondary N) is 3. The molecule has 0 aliphatic carbocycles. The van der Waals surface area contributed by atoms with E-state index in [4.69, 9.17) is 10.00 Å². The number of hydrogen-bond acceptors (Lipinski definition) is 4. The molecule has 3 amide bonds. The molecule has 0 spiro atoms. The van der Waals surface area contributed by atoms with Crippen molar-refractivity contribution in [2.45, 2.75) is 0 Å². The summed E-state index contributed by atoms with van der Waals surface area (Å²) < 4.78 is 5.51. The Hall–Kier alpha value is -4.31. The number of anilines is 2. The van der Waals surface area contributed by atoms with Crippen LogP contribution in [0.5, 0.6) is 5.75 Å². The predicted octanol–water partition coefficient (Wildman–Crippen LogP) is 4.01. The van der Waals surface area contributed by atoms with E-state index in [1.54, 1.807) is 48.5 Å². The minimum Gasteiger partial charge on any atom is -0.492 e. The van der Waals surface area contributed by atoms with E-state index in [0.29, 0.717) is 35.7 Å². The van der Waals surface area contributed by atoms with Crippen LogP contribution >= 0.6 is 0 Å². The van der Waals surface area contributed by atoms with Crippen molar-refractivity contribution in [3.8, 4) is 11.8 Å². The second-order valence-corrected chi connectivity index (χ2v) is 6.27. The summed E-state index contributed by atoms with van der Waals surface area (Å²) in [5, 5.41) is 17.1. The molecule has 0 radical (unpaired) electrons. The standard InChI is InChI=1S/C23H20N4O3/c24-16-17-6-4-8-19(14-17)26-22(28)18-7-5-9-20(15-18)27-23(29)25-12-13-30-21-10-2-1-3-11-21/h1-11,14-15H,12-13H2,(H,26,28)(H2,25,27,29). The number of benzene rings is 3. The molecule has 150 valence electrons. The largest absolute Gasteiger partial charge is 0.492 e. The quantitative estimate of drug-likeness (QED) is 0.521. The molecule has 7 heteroatoms. The molecule has 0 aliphatic rings. The first-order chi connectivity index (χ1) is 14.6. The van der Waals surface area contributed by atoms with E-state index >= 15 is 0 Å². The summed E-state index contributed by atoms with van der Waals surface area (Å²) in [6, 6.07) is 24.2. The Morgan fingerprint density at radius 2 is 1.60 bits per heavy atom. The Bertz CT molecular complexity index is 1060.